The van der Waals surface area contributed by atoms with Gasteiger partial charge in [-0.1, -0.05) is 6.42 Å². The van der Waals surface area contributed by atoms with Crippen molar-refractivity contribution < 1.29 is 13.9 Å². The van der Waals surface area contributed by atoms with Crippen LogP contribution in [0, 0.1) is 0 Å². The monoisotopic (exact) mass is 293 g/mol. The van der Waals surface area contributed by atoms with E-state index >= 15 is 0 Å². The lowest BCUT2D eigenvalue weighted by atomic mass is 9.87. The van der Waals surface area contributed by atoms with Crippen LogP contribution < -0.4 is 14.8 Å². The van der Waals surface area contributed by atoms with Crippen molar-refractivity contribution in [2.45, 2.75) is 51.2 Å². The van der Waals surface area contributed by atoms with E-state index in [0.717, 1.165) is 30.7 Å². The molecule has 1 saturated heterocycles. The van der Waals surface area contributed by atoms with E-state index in [-0.39, 0.29) is 6.04 Å². The molecule has 2 heterocycles. The van der Waals surface area contributed by atoms with E-state index in [1.807, 2.05) is 12.1 Å². The fourth-order valence-corrected chi connectivity index (χ4v) is 3.14. The molecule has 1 aromatic carbocycles. The molecule has 0 bridgehead atoms. The molecule has 1 N–H and O–H groups in total. The molecule has 3 rings (SSSR count). The third kappa shape index (κ3) is 3.15. The van der Waals surface area contributed by atoms with Crippen molar-refractivity contribution in [1.82, 2.24) is 5.32 Å². The van der Waals surface area contributed by atoms with Crippen molar-refractivity contribution in [3.63, 3.8) is 0 Å². The topological polar surface area (TPSA) is 30.5 Å². The molecular weight excluding hydrogens is 269 g/mol. The normalized spacial score (nSPS) is 22.7. The minimum Gasteiger partial charge on any atom is -0.490 e. The Bertz CT molecular complexity index is 504. The van der Waals surface area contributed by atoms with Gasteiger partial charge in [0.1, 0.15) is 5.67 Å². The van der Waals surface area contributed by atoms with Crippen LogP contribution in [0.5, 0.6) is 11.5 Å². The number of piperidine rings is 1. The molecule has 0 amide bonds. The van der Waals surface area contributed by atoms with Gasteiger partial charge in [-0.25, -0.2) is 4.39 Å². The standard InChI is InChI=1S/C17H24FNO2/c1-17(2,18)13-11-16-15(20-8-5-9-21-16)10-12(13)14-6-3-4-7-19-14/h10-11,14,19H,3-9H2,1-2H3. The van der Waals surface area contributed by atoms with E-state index in [0.29, 0.717) is 24.5 Å². The third-order valence-corrected chi connectivity index (χ3v) is 4.25. The second-order valence-corrected chi connectivity index (χ2v) is 6.41. The Morgan fingerprint density at radius 3 is 2.43 bits per heavy atom. The molecule has 1 atom stereocenters. The summed E-state index contributed by atoms with van der Waals surface area (Å²) in [5.74, 6) is 1.43. The lowest BCUT2D eigenvalue weighted by Crippen LogP contribution is -2.29. The largest absolute Gasteiger partial charge is 0.490 e. The summed E-state index contributed by atoms with van der Waals surface area (Å²) in [5.41, 5.74) is 0.344. The molecule has 0 saturated carbocycles. The zero-order chi connectivity index (χ0) is 14.9. The van der Waals surface area contributed by atoms with Crippen molar-refractivity contribution in [2.75, 3.05) is 19.8 Å². The van der Waals surface area contributed by atoms with Crippen LogP contribution in [0.15, 0.2) is 12.1 Å². The van der Waals surface area contributed by atoms with Crippen LogP contribution in [-0.2, 0) is 5.67 Å². The smallest absolute Gasteiger partial charge is 0.161 e. The number of benzene rings is 1. The maximum atomic E-state index is 14.7. The van der Waals surface area contributed by atoms with Crippen LogP contribution in [0.25, 0.3) is 0 Å². The molecule has 1 unspecified atom stereocenters. The molecule has 0 radical (unpaired) electrons. The summed E-state index contributed by atoms with van der Waals surface area (Å²) in [6, 6.07) is 4.04. The highest BCUT2D eigenvalue weighted by Gasteiger charge is 2.29. The van der Waals surface area contributed by atoms with Crippen molar-refractivity contribution in [1.29, 1.82) is 0 Å². The molecular formula is C17H24FNO2. The maximum Gasteiger partial charge on any atom is 0.161 e. The quantitative estimate of drug-likeness (QED) is 0.898. The van der Waals surface area contributed by atoms with E-state index in [4.69, 9.17) is 9.47 Å². The average Bonchev–Trinajstić information content (AvgIpc) is 2.70. The number of rotatable bonds is 2. The average molecular weight is 293 g/mol. The lowest BCUT2D eigenvalue weighted by molar-refractivity contribution is 0.215. The van der Waals surface area contributed by atoms with E-state index in [1.54, 1.807) is 13.8 Å². The molecule has 1 fully saturated rings. The fraction of sp³-hybridized carbons (Fsp3) is 0.647. The Kier molecular flexibility index (Phi) is 4.07. The van der Waals surface area contributed by atoms with Crippen molar-refractivity contribution in [3.05, 3.63) is 23.3 Å². The highest BCUT2D eigenvalue weighted by molar-refractivity contribution is 5.50. The van der Waals surface area contributed by atoms with Crippen LogP contribution in [0.4, 0.5) is 4.39 Å². The Labute approximate surface area is 125 Å². The molecule has 0 aromatic heterocycles. The number of fused-ring (bicyclic) bond motifs is 1. The van der Waals surface area contributed by atoms with E-state index < -0.39 is 5.67 Å². The van der Waals surface area contributed by atoms with Gasteiger partial charge in [0.15, 0.2) is 11.5 Å². The maximum absolute atomic E-state index is 14.7. The minimum absolute atomic E-state index is 0.209. The molecule has 0 aliphatic carbocycles. The van der Waals surface area contributed by atoms with Gasteiger partial charge in [-0.15, -0.1) is 0 Å². The molecule has 4 heteroatoms. The summed E-state index contributed by atoms with van der Waals surface area (Å²) in [6.45, 7) is 5.49. The van der Waals surface area contributed by atoms with Gasteiger partial charge >= 0.3 is 0 Å². The van der Waals surface area contributed by atoms with E-state index in [9.17, 15) is 4.39 Å². The summed E-state index contributed by atoms with van der Waals surface area (Å²) >= 11 is 0. The number of hydrogen-bond acceptors (Lipinski definition) is 3. The molecule has 21 heavy (non-hydrogen) atoms. The Morgan fingerprint density at radius 1 is 1.10 bits per heavy atom. The lowest BCUT2D eigenvalue weighted by Gasteiger charge is -2.29. The summed E-state index contributed by atoms with van der Waals surface area (Å²) in [7, 11) is 0. The molecule has 1 aromatic rings. The van der Waals surface area contributed by atoms with Gasteiger partial charge in [0, 0.05) is 12.5 Å². The predicted molar refractivity (Wildman–Crippen MR) is 80.8 cm³/mol. The minimum atomic E-state index is -1.39. The first-order chi connectivity index (χ1) is 10.1. The highest BCUT2D eigenvalue weighted by atomic mass is 19.1. The van der Waals surface area contributed by atoms with Gasteiger partial charge in [0.25, 0.3) is 0 Å². The summed E-state index contributed by atoms with van der Waals surface area (Å²) in [4.78, 5) is 0. The van der Waals surface area contributed by atoms with Gasteiger partial charge in [-0.05, 0) is 56.5 Å². The van der Waals surface area contributed by atoms with Crippen LogP contribution in [0.1, 0.15) is 56.7 Å². The predicted octanol–water partition coefficient (Wildman–Crippen LogP) is 3.87. The Morgan fingerprint density at radius 2 is 1.81 bits per heavy atom. The number of nitrogens with one attached hydrogen (secondary N) is 1. The number of halogens is 1. The number of hydrogen-bond donors (Lipinski definition) is 1. The molecule has 0 spiro atoms. The second kappa shape index (κ2) is 5.84. The molecule has 2 aliphatic rings. The third-order valence-electron chi connectivity index (χ3n) is 4.25. The fourth-order valence-electron chi connectivity index (χ4n) is 3.14. The Hall–Kier alpha value is -1.29. The van der Waals surface area contributed by atoms with Crippen molar-refractivity contribution in [3.8, 4) is 11.5 Å². The number of alkyl halides is 1. The first-order valence-corrected chi connectivity index (χ1v) is 7.92. The summed E-state index contributed by atoms with van der Waals surface area (Å²) in [6.07, 6.45) is 4.27. The summed E-state index contributed by atoms with van der Waals surface area (Å²) < 4.78 is 26.2. The SMILES string of the molecule is CC(C)(F)c1cc2c(cc1C1CCCCN1)OCCCO2. The zero-order valence-corrected chi connectivity index (χ0v) is 12.9. The van der Waals surface area contributed by atoms with Gasteiger partial charge in [0.05, 0.1) is 13.2 Å². The van der Waals surface area contributed by atoms with Crippen LogP contribution >= 0.6 is 0 Å². The van der Waals surface area contributed by atoms with E-state index in [2.05, 4.69) is 5.32 Å². The van der Waals surface area contributed by atoms with Gasteiger partial charge in [-0.2, -0.15) is 0 Å². The highest BCUT2D eigenvalue weighted by Crippen LogP contribution is 2.41. The van der Waals surface area contributed by atoms with Crippen molar-refractivity contribution in [2.24, 2.45) is 0 Å². The zero-order valence-electron chi connectivity index (χ0n) is 12.9. The van der Waals surface area contributed by atoms with Gasteiger partial charge < -0.3 is 14.8 Å². The van der Waals surface area contributed by atoms with Gasteiger partial charge in [0.2, 0.25) is 0 Å². The first kappa shape index (κ1) is 14.6. The van der Waals surface area contributed by atoms with Crippen LogP contribution in [-0.4, -0.2) is 19.8 Å². The first-order valence-electron chi connectivity index (χ1n) is 7.92. The molecule has 2 aliphatic heterocycles. The summed E-state index contributed by atoms with van der Waals surface area (Å²) in [5, 5.41) is 3.51. The van der Waals surface area contributed by atoms with Crippen LogP contribution in [0.3, 0.4) is 0 Å². The molecule has 116 valence electrons. The number of ether oxygens (including phenoxy) is 2. The van der Waals surface area contributed by atoms with Crippen molar-refractivity contribution >= 4 is 0 Å². The van der Waals surface area contributed by atoms with Crippen LogP contribution in [0.2, 0.25) is 0 Å². The van der Waals surface area contributed by atoms with E-state index in [1.165, 1.54) is 12.8 Å². The Balaban J connectivity index is 2.04. The van der Waals surface area contributed by atoms with Gasteiger partial charge in [-0.3, -0.25) is 0 Å². The molecule has 3 nitrogen and oxygen atoms in total. The second-order valence-electron chi connectivity index (χ2n) is 6.41.